The molecule has 0 saturated carbocycles. The predicted octanol–water partition coefficient (Wildman–Crippen LogP) is 2.05. The molecule has 1 aliphatic heterocycles. The lowest BCUT2D eigenvalue weighted by Gasteiger charge is -2.29. The van der Waals surface area contributed by atoms with Crippen molar-refractivity contribution in [2.75, 3.05) is 19.6 Å². The van der Waals surface area contributed by atoms with Crippen molar-refractivity contribution in [2.45, 2.75) is 31.1 Å². The van der Waals surface area contributed by atoms with E-state index in [0.29, 0.717) is 0 Å². The zero-order valence-electron chi connectivity index (χ0n) is 9.19. The molecule has 0 aromatic carbocycles. The SMILES string of the molecule is Cc1cnn(CCN2CCC(Br)CC2)c1. The highest BCUT2D eigenvalue weighted by Gasteiger charge is 2.16. The Labute approximate surface area is 99.6 Å². The number of rotatable bonds is 3. The number of aryl methyl sites for hydroxylation is 1. The number of nitrogens with zero attached hydrogens (tertiary/aromatic N) is 3. The van der Waals surface area contributed by atoms with Gasteiger partial charge in [0, 0.05) is 17.6 Å². The van der Waals surface area contributed by atoms with E-state index in [9.17, 15) is 0 Å². The first-order valence-corrected chi connectivity index (χ1v) is 6.51. The highest BCUT2D eigenvalue weighted by Crippen LogP contribution is 2.16. The second kappa shape index (κ2) is 5.12. The fraction of sp³-hybridized carbons (Fsp3) is 0.727. The van der Waals surface area contributed by atoms with Crippen molar-refractivity contribution in [3.8, 4) is 0 Å². The molecule has 3 nitrogen and oxygen atoms in total. The molecule has 2 rings (SSSR count). The summed E-state index contributed by atoms with van der Waals surface area (Å²) in [4.78, 5) is 3.26. The molecule has 0 atom stereocenters. The molecule has 2 heterocycles. The first-order valence-electron chi connectivity index (χ1n) is 5.59. The summed E-state index contributed by atoms with van der Waals surface area (Å²) in [6.45, 7) is 6.66. The van der Waals surface area contributed by atoms with Gasteiger partial charge in [-0.15, -0.1) is 0 Å². The van der Waals surface area contributed by atoms with Crippen LogP contribution >= 0.6 is 15.9 Å². The van der Waals surface area contributed by atoms with E-state index >= 15 is 0 Å². The lowest BCUT2D eigenvalue weighted by atomic mass is 10.1. The maximum absolute atomic E-state index is 4.30. The van der Waals surface area contributed by atoms with Crippen molar-refractivity contribution in [3.05, 3.63) is 18.0 Å². The van der Waals surface area contributed by atoms with Crippen molar-refractivity contribution in [1.82, 2.24) is 14.7 Å². The Morgan fingerprint density at radius 1 is 1.40 bits per heavy atom. The third-order valence-electron chi connectivity index (χ3n) is 2.92. The number of hydrogen-bond acceptors (Lipinski definition) is 2. The van der Waals surface area contributed by atoms with Gasteiger partial charge in [0.25, 0.3) is 0 Å². The molecular formula is C11H18BrN3. The van der Waals surface area contributed by atoms with Crippen LogP contribution in [0.1, 0.15) is 18.4 Å². The van der Waals surface area contributed by atoms with E-state index in [1.54, 1.807) is 0 Å². The van der Waals surface area contributed by atoms with E-state index in [1.807, 2.05) is 10.9 Å². The summed E-state index contributed by atoms with van der Waals surface area (Å²) in [5, 5.41) is 4.30. The summed E-state index contributed by atoms with van der Waals surface area (Å²) in [5.41, 5.74) is 1.24. The minimum Gasteiger partial charge on any atom is -0.301 e. The number of likely N-dealkylation sites (tertiary alicyclic amines) is 1. The predicted molar refractivity (Wildman–Crippen MR) is 65.4 cm³/mol. The van der Waals surface area contributed by atoms with E-state index in [1.165, 1.54) is 31.5 Å². The van der Waals surface area contributed by atoms with Crippen LogP contribution in [0.5, 0.6) is 0 Å². The highest BCUT2D eigenvalue weighted by atomic mass is 79.9. The number of alkyl halides is 1. The molecule has 0 bridgehead atoms. The molecule has 1 aliphatic rings. The summed E-state index contributed by atoms with van der Waals surface area (Å²) >= 11 is 3.67. The van der Waals surface area contributed by atoms with Gasteiger partial charge in [-0.05, 0) is 38.4 Å². The Morgan fingerprint density at radius 3 is 2.73 bits per heavy atom. The first kappa shape index (κ1) is 11.1. The van der Waals surface area contributed by atoms with Gasteiger partial charge in [0.1, 0.15) is 0 Å². The third kappa shape index (κ3) is 3.31. The smallest absolute Gasteiger partial charge is 0.0536 e. The van der Waals surface area contributed by atoms with Gasteiger partial charge in [0.2, 0.25) is 0 Å². The second-order valence-electron chi connectivity index (χ2n) is 4.30. The van der Waals surface area contributed by atoms with Crippen LogP contribution in [0.25, 0.3) is 0 Å². The summed E-state index contributed by atoms with van der Waals surface area (Å²) in [7, 11) is 0. The second-order valence-corrected chi connectivity index (χ2v) is 5.59. The van der Waals surface area contributed by atoms with Crippen LogP contribution in [0.3, 0.4) is 0 Å². The van der Waals surface area contributed by atoms with Crippen LogP contribution in [-0.2, 0) is 6.54 Å². The lowest BCUT2D eigenvalue weighted by molar-refractivity contribution is 0.223. The zero-order chi connectivity index (χ0) is 10.7. The van der Waals surface area contributed by atoms with Crippen LogP contribution in [-0.4, -0.2) is 39.1 Å². The molecular weight excluding hydrogens is 254 g/mol. The Hall–Kier alpha value is -0.350. The van der Waals surface area contributed by atoms with Crippen LogP contribution in [0.4, 0.5) is 0 Å². The molecule has 0 spiro atoms. The van der Waals surface area contributed by atoms with Gasteiger partial charge in [-0.25, -0.2) is 0 Å². The molecule has 1 saturated heterocycles. The Balaban J connectivity index is 1.74. The Bertz CT molecular complexity index is 303. The molecule has 1 aromatic rings. The average molecular weight is 272 g/mol. The zero-order valence-corrected chi connectivity index (χ0v) is 10.8. The maximum atomic E-state index is 4.30. The van der Waals surface area contributed by atoms with Gasteiger partial charge >= 0.3 is 0 Å². The minimum absolute atomic E-state index is 0.737. The van der Waals surface area contributed by atoms with Crippen molar-refractivity contribution < 1.29 is 0 Å². The molecule has 84 valence electrons. The van der Waals surface area contributed by atoms with E-state index < -0.39 is 0 Å². The molecule has 4 heteroatoms. The molecule has 0 unspecified atom stereocenters. The molecule has 0 radical (unpaired) electrons. The summed E-state index contributed by atoms with van der Waals surface area (Å²) in [6.07, 6.45) is 6.58. The van der Waals surface area contributed by atoms with Gasteiger partial charge in [0.15, 0.2) is 0 Å². The summed E-state index contributed by atoms with van der Waals surface area (Å²) in [6, 6.07) is 0. The minimum atomic E-state index is 0.737. The van der Waals surface area contributed by atoms with E-state index in [2.05, 4.69) is 39.0 Å². The van der Waals surface area contributed by atoms with Crippen LogP contribution < -0.4 is 0 Å². The van der Waals surface area contributed by atoms with Crippen molar-refractivity contribution in [3.63, 3.8) is 0 Å². The fourth-order valence-corrected chi connectivity index (χ4v) is 2.37. The average Bonchev–Trinajstić information content (AvgIpc) is 2.64. The number of hydrogen-bond donors (Lipinski definition) is 0. The number of aromatic nitrogens is 2. The standard InChI is InChI=1S/C11H18BrN3/c1-10-8-13-15(9-10)7-6-14-4-2-11(12)3-5-14/h8-9,11H,2-7H2,1H3. The van der Waals surface area contributed by atoms with Crippen LogP contribution in [0.2, 0.25) is 0 Å². The van der Waals surface area contributed by atoms with Gasteiger partial charge < -0.3 is 4.90 Å². The van der Waals surface area contributed by atoms with E-state index in [-0.39, 0.29) is 0 Å². The van der Waals surface area contributed by atoms with Gasteiger partial charge in [-0.1, -0.05) is 15.9 Å². The topological polar surface area (TPSA) is 21.1 Å². The normalized spacial score (nSPS) is 19.6. The van der Waals surface area contributed by atoms with Crippen LogP contribution in [0, 0.1) is 6.92 Å². The Kier molecular flexibility index (Phi) is 3.81. The molecule has 1 aromatic heterocycles. The van der Waals surface area contributed by atoms with Gasteiger partial charge in [0.05, 0.1) is 12.7 Å². The van der Waals surface area contributed by atoms with Crippen LogP contribution in [0.15, 0.2) is 12.4 Å². The van der Waals surface area contributed by atoms with Gasteiger partial charge in [-0.2, -0.15) is 5.10 Å². The van der Waals surface area contributed by atoms with Crippen molar-refractivity contribution >= 4 is 15.9 Å². The van der Waals surface area contributed by atoms with E-state index in [0.717, 1.165) is 17.9 Å². The molecule has 0 N–H and O–H groups in total. The highest BCUT2D eigenvalue weighted by molar-refractivity contribution is 9.09. The van der Waals surface area contributed by atoms with Crippen molar-refractivity contribution in [1.29, 1.82) is 0 Å². The quantitative estimate of drug-likeness (QED) is 0.785. The number of piperidine rings is 1. The summed E-state index contributed by atoms with van der Waals surface area (Å²) in [5.74, 6) is 0. The van der Waals surface area contributed by atoms with Crippen molar-refractivity contribution in [2.24, 2.45) is 0 Å². The third-order valence-corrected chi connectivity index (χ3v) is 3.84. The molecule has 15 heavy (non-hydrogen) atoms. The number of halogens is 1. The Morgan fingerprint density at radius 2 is 2.13 bits per heavy atom. The molecule has 0 aliphatic carbocycles. The largest absolute Gasteiger partial charge is 0.301 e. The molecule has 1 fully saturated rings. The first-order chi connectivity index (χ1) is 7.24. The fourth-order valence-electron chi connectivity index (χ4n) is 1.96. The maximum Gasteiger partial charge on any atom is 0.0536 e. The van der Waals surface area contributed by atoms with Gasteiger partial charge in [-0.3, -0.25) is 4.68 Å². The lowest BCUT2D eigenvalue weighted by Crippen LogP contribution is -2.36. The molecule has 0 amide bonds. The monoisotopic (exact) mass is 271 g/mol. The summed E-state index contributed by atoms with van der Waals surface area (Å²) < 4.78 is 2.04. The van der Waals surface area contributed by atoms with E-state index in [4.69, 9.17) is 0 Å².